The van der Waals surface area contributed by atoms with Gasteiger partial charge in [-0.15, -0.1) is 0 Å². The smallest absolute Gasteiger partial charge is 0.396 e. The Hall–Kier alpha value is -3.70. The van der Waals surface area contributed by atoms with Crippen LogP contribution in [0.5, 0.6) is 11.5 Å². The van der Waals surface area contributed by atoms with Gasteiger partial charge in [0.05, 0.1) is 29.5 Å². The molecule has 164 valence electrons. The van der Waals surface area contributed by atoms with Gasteiger partial charge in [0.15, 0.2) is 11.5 Å². The number of methoxy groups -OCH3 is 2. The molecule has 2 aromatic heterocycles. The summed E-state index contributed by atoms with van der Waals surface area (Å²) in [7, 11) is -1.59. The highest BCUT2D eigenvalue weighted by Gasteiger charge is 2.33. The van der Waals surface area contributed by atoms with Crippen molar-refractivity contribution in [1.29, 1.82) is 0 Å². The monoisotopic (exact) mass is 472 g/mol. The van der Waals surface area contributed by atoms with Gasteiger partial charge in [-0.1, -0.05) is 11.3 Å². The fourth-order valence-corrected chi connectivity index (χ4v) is 5.17. The molecule has 0 fully saturated rings. The number of carbonyl (C=O) groups is 1. The van der Waals surface area contributed by atoms with E-state index in [1.54, 1.807) is 0 Å². The van der Waals surface area contributed by atoms with Crippen LogP contribution in [0.2, 0.25) is 0 Å². The van der Waals surface area contributed by atoms with Crippen molar-refractivity contribution in [3.63, 3.8) is 0 Å². The molecule has 4 aromatic rings. The Bertz CT molecular complexity index is 1460. The Morgan fingerprint density at radius 3 is 2.41 bits per heavy atom. The third-order valence-corrected chi connectivity index (χ3v) is 7.05. The van der Waals surface area contributed by atoms with Crippen LogP contribution in [0.15, 0.2) is 75.0 Å². The molecule has 1 amide bonds. The highest BCUT2D eigenvalue weighted by molar-refractivity contribution is 7.93. The van der Waals surface area contributed by atoms with Crippen molar-refractivity contribution in [1.82, 2.24) is 4.98 Å². The third kappa shape index (κ3) is 3.83. The fraction of sp³-hybridized carbons (Fsp3) is 0.0952. The number of amides is 1. The average Bonchev–Trinajstić information content (AvgIpc) is 3.18. The number of carbonyl (C=O) groups excluding carboxylic acids is 1. The van der Waals surface area contributed by atoms with Crippen LogP contribution >= 0.6 is 11.3 Å². The van der Waals surface area contributed by atoms with Crippen LogP contribution < -0.4 is 18.7 Å². The highest BCUT2D eigenvalue weighted by atomic mass is 32.2. The van der Waals surface area contributed by atoms with Gasteiger partial charge >= 0.3 is 4.94 Å². The van der Waals surface area contributed by atoms with Gasteiger partial charge in [0, 0.05) is 24.0 Å². The quantitative estimate of drug-likeness (QED) is 0.420. The first-order chi connectivity index (χ1) is 15.3. The molecule has 0 spiro atoms. The summed E-state index contributed by atoms with van der Waals surface area (Å²) >= 11 is 0.807. The van der Waals surface area contributed by atoms with Crippen LogP contribution in [0.25, 0.3) is 10.3 Å². The van der Waals surface area contributed by atoms with Crippen LogP contribution in [0, 0.1) is 0 Å². The lowest BCUT2D eigenvalue weighted by molar-refractivity contribution is 0.100. The van der Waals surface area contributed by atoms with E-state index in [9.17, 15) is 18.0 Å². The molecule has 32 heavy (non-hydrogen) atoms. The SMILES string of the molecule is COc1ccc(S(=O)(=O)N(C(=O)c2ccncc2)c2ccc3oc(=O)sc3c2)cc1OC. The molecule has 4 rings (SSSR count). The van der Waals surface area contributed by atoms with E-state index in [2.05, 4.69) is 4.98 Å². The zero-order chi connectivity index (χ0) is 22.9. The van der Waals surface area contributed by atoms with Gasteiger partial charge in [-0.2, -0.15) is 4.31 Å². The number of hydrogen-bond donors (Lipinski definition) is 0. The minimum Gasteiger partial charge on any atom is -0.493 e. The summed E-state index contributed by atoms with van der Waals surface area (Å²) in [6.45, 7) is 0. The molecule has 9 nitrogen and oxygen atoms in total. The van der Waals surface area contributed by atoms with Crippen molar-refractivity contribution in [3.05, 3.63) is 76.2 Å². The second-order valence-corrected chi connectivity index (χ2v) is 9.18. The zero-order valence-electron chi connectivity index (χ0n) is 16.8. The van der Waals surface area contributed by atoms with E-state index in [0.29, 0.717) is 20.3 Å². The molecule has 0 aliphatic carbocycles. The van der Waals surface area contributed by atoms with Crippen LogP contribution in [0.1, 0.15) is 10.4 Å². The maximum absolute atomic E-state index is 13.7. The van der Waals surface area contributed by atoms with Gasteiger partial charge in [0.2, 0.25) is 0 Å². The summed E-state index contributed by atoms with van der Waals surface area (Å²) in [4.78, 5) is 28.1. The molecule has 0 radical (unpaired) electrons. The number of anilines is 1. The highest BCUT2D eigenvalue weighted by Crippen LogP contribution is 2.34. The predicted octanol–water partition coefficient (Wildman–Crippen LogP) is 3.30. The minimum absolute atomic E-state index is 0.0474. The Morgan fingerprint density at radius 1 is 1.00 bits per heavy atom. The Kier molecular flexibility index (Phi) is 5.68. The Balaban J connectivity index is 1.91. The van der Waals surface area contributed by atoms with E-state index in [0.717, 1.165) is 11.3 Å². The van der Waals surface area contributed by atoms with Gasteiger partial charge in [-0.25, -0.2) is 13.2 Å². The summed E-state index contributed by atoms with van der Waals surface area (Å²) in [6.07, 6.45) is 2.78. The van der Waals surface area contributed by atoms with Crippen molar-refractivity contribution in [2.75, 3.05) is 18.5 Å². The second kappa shape index (κ2) is 8.44. The van der Waals surface area contributed by atoms with Crippen molar-refractivity contribution in [2.24, 2.45) is 0 Å². The van der Waals surface area contributed by atoms with Crippen LogP contribution in [-0.2, 0) is 10.0 Å². The summed E-state index contributed by atoms with van der Waals surface area (Å²) < 4.78 is 43.8. The fourth-order valence-electron chi connectivity index (χ4n) is 3.05. The number of ether oxygens (including phenoxy) is 2. The first-order valence-corrected chi connectivity index (χ1v) is 11.4. The minimum atomic E-state index is -4.40. The molecule has 0 saturated carbocycles. The molecule has 2 heterocycles. The average molecular weight is 473 g/mol. The maximum Gasteiger partial charge on any atom is 0.396 e. The van der Waals surface area contributed by atoms with E-state index in [1.807, 2.05) is 0 Å². The molecule has 2 aromatic carbocycles. The summed E-state index contributed by atoms with van der Waals surface area (Å²) in [5.74, 6) is -0.270. The molecule has 0 N–H and O–H groups in total. The lowest BCUT2D eigenvalue weighted by Gasteiger charge is -2.23. The maximum atomic E-state index is 13.7. The molecule has 0 unspecified atom stereocenters. The van der Waals surface area contributed by atoms with Crippen molar-refractivity contribution in [2.45, 2.75) is 4.90 Å². The van der Waals surface area contributed by atoms with Gasteiger partial charge in [0.1, 0.15) is 5.58 Å². The summed E-state index contributed by atoms with van der Waals surface area (Å²) in [6, 6.07) is 11.1. The number of benzene rings is 2. The van der Waals surface area contributed by atoms with E-state index in [-0.39, 0.29) is 21.9 Å². The van der Waals surface area contributed by atoms with E-state index in [1.165, 1.54) is 75.1 Å². The molecular weight excluding hydrogens is 456 g/mol. The van der Waals surface area contributed by atoms with Crippen LogP contribution in [-0.4, -0.2) is 33.5 Å². The van der Waals surface area contributed by atoms with Gasteiger partial charge in [-0.3, -0.25) is 9.78 Å². The number of pyridine rings is 1. The van der Waals surface area contributed by atoms with E-state index in [4.69, 9.17) is 13.9 Å². The second-order valence-electron chi connectivity index (χ2n) is 6.41. The first-order valence-electron chi connectivity index (χ1n) is 9.10. The van der Waals surface area contributed by atoms with Crippen molar-refractivity contribution in [3.8, 4) is 11.5 Å². The number of aromatic nitrogens is 1. The molecule has 11 heteroatoms. The molecule has 0 atom stereocenters. The number of rotatable bonds is 6. The molecule has 0 saturated heterocycles. The molecule has 0 aliphatic heterocycles. The number of fused-ring (bicyclic) bond motifs is 1. The van der Waals surface area contributed by atoms with Gasteiger partial charge in [-0.05, 0) is 42.5 Å². The Labute approximate surface area is 186 Å². The van der Waals surface area contributed by atoms with Gasteiger partial charge in [0.25, 0.3) is 15.9 Å². The van der Waals surface area contributed by atoms with Crippen molar-refractivity contribution < 1.29 is 27.1 Å². The number of nitrogens with zero attached hydrogens (tertiary/aromatic N) is 2. The molecular formula is C21H16N2O7S2. The van der Waals surface area contributed by atoms with Gasteiger partial charge < -0.3 is 13.9 Å². The molecule has 0 aliphatic rings. The van der Waals surface area contributed by atoms with E-state index >= 15 is 0 Å². The number of sulfonamides is 1. The lowest BCUT2D eigenvalue weighted by Crippen LogP contribution is -2.37. The summed E-state index contributed by atoms with van der Waals surface area (Å²) in [5, 5.41) is 0. The van der Waals surface area contributed by atoms with E-state index < -0.39 is 20.9 Å². The molecule has 0 bridgehead atoms. The first kappa shape index (κ1) is 21.5. The normalized spacial score (nSPS) is 11.3. The van der Waals surface area contributed by atoms with Crippen molar-refractivity contribution >= 4 is 43.2 Å². The van der Waals surface area contributed by atoms with Crippen LogP contribution in [0.4, 0.5) is 5.69 Å². The van der Waals surface area contributed by atoms with Crippen LogP contribution in [0.3, 0.4) is 0 Å². The lowest BCUT2D eigenvalue weighted by atomic mass is 10.2. The predicted molar refractivity (Wildman–Crippen MR) is 118 cm³/mol. The third-order valence-electron chi connectivity index (χ3n) is 4.55. The zero-order valence-corrected chi connectivity index (χ0v) is 18.5. The number of hydrogen-bond acceptors (Lipinski definition) is 9. The summed E-state index contributed by atoms with van der Waals surface area (Å²) in [5.41, 5.74) is 0.458. The topological polar surface area (TPSA) is 116 Å². The Morgan fingerprint density at radius 2 is 1.72 bits per heavy atom. The largest absolute Gasteiger partial charge is 0.493 e. The standard InChI is InChI=1S/C21H16N2O7S2/c1-28-16-6-4-15(12-18(16)29-2)32(26,27)23(20(24)13-7-9-22-10-8-13)14-3-5-17-19(11-14)31-21(25)30-17/h3-12H,1-2H3.